The molecule has 4 aliphatic rings. The van der Waals surface area contributed by atoms with Crippen molar-refractivity contribution >= 4 is 5.91 Å². The molecule has 7 heteroatoms. The van der Waals surface area contributed by atoms with Gasteiger partial charge in [0.05, 0.1) is 12.8 Å². The minimum Gasteiger partial charge on any atom is -0.352 e. The molecular formula is C19H36N6O. The summed E-state index contributed by atoms with van der Waals surface area (Å²) in [5, 5.41) is 3.38. The Kier molecular flexibility index (Phi) is 5.81. The highest BCUT2D eigenvalue weighted by atomic mass is 16.2. The fraction of sp³-hybridized carbons (Fsp3) is 0.947. The maximum absolute atomic E-state index is 12.8. The first-order valence-corrected chi connectivity index (χ1v) is 10.6. The van der Waals surface area contributed by atoms with Crippen LogP contribution in [0, 0.1) is 17.8 Å². The second kappa shape index (κ2) is 8.10. The zero-order chi connectivity index (χ0) is 18.1. The second-order valence-corrected chi connectivity index (χ2v) is 9.06. The van der Waals surface area contributed by atoms with E-state index in [1.54, 1.807) is 0 Å². The van der Waals surface area contributed by atoms with Crippen LogP contribution in [0.25, 0.3) is 0 Å². The molecule has 2 aliphatic carbocycles. The highest BCUT2D eigenvalue weighted by Gasteiger charge is 2.43. The Labute approximate surface area is 157 Å². The number of nitrogens with one attached hydrogen (secondary N) is 5. The van der Waals surface area contributed by atoms with E-state index < -0.39 is 0 Å². The number of carbonyl (C=O) groups excluding carboxylic acids is 1. The normalized spacial score (nSPS) is 41.9. The average molecular weight is 365 g/mol. The van der Waals surface area contributed by atoms with Crippen LogP contribution in [0.2, 0.25) is 0 Å². The Bertz CT molecular complexity index is 502. The summed E-state index contributed by atoms with van der Waals surface area (Å²) in [5.41, 5.74) is 13.2. The van der Waals surface area contributed by atoms with Crippen LogP contribution < -0.4 is 27.0 Å². The molecule has 0 aromatic carbocycles. The highest BCUT2D eigenvalue weighted by Crippen LogP contribution is 2.34. The first kappa shape index (κ1) is 18.6. The van der Waals surface area contributed by atoms with Crippen molar-refractivity contribution in [3.63, 3.8) is 0 Å². The molecule has 5 N–H and O–H groups in total. The van der Waals surface area contributed by atoms with Crippen LogP contribution >= 0.6 is 0 Å². The van der Waals surface area contributed by atoms with Gasteiger partial charge >= 0.3 is 0 Å². The number of amides is 1. The lowest BCUT2D eigenvalue weighted by molar-refractivity contribution is -0.124. The minimum atomic E-state index is -0.0392. The number of rotatable bonds is 5. The van der Waals surface area contributed by atoms with Crippen molar-refractivity contribution in [3.8, 4) is 0 Å². The summed E-state index contributed by atoms with van der Waals surface area (Å²) in [6, 6.07) is 0.801. The number of carbonyl (C=O) groups is 1. The SMILES string of the molecule is C[C@H](CC1NNCN1C)C1CCCC(NC(=O)C2NNC3CCCC32)C1. The van der Waals surface area contributed by atoms with Gasteiger partial charge in [-0.2, -0.15) is 0 Å². The molecule has 148 valence electrons. The van der Waals surface area contributed by atoms with Gasteiger partial charge in [0.25, 0.3) is 0 Å². The lowest BCUT2D eigenvalue weighted by atomic mass is 9.77. The first-order valence-electron chi connectivity index (χ1n) is 10.6. The standard InChI is InChI=1S/C19H36N6O/c1-12(9-17-23-20-11-25(17)2)13-5-3-6-14(10-13)21-19(26)18-15-7-4-8-16(15)22-24-18/h12-18,20,22-24H,3-11H2,1-2H3,(H,21,26)/t12-,13?,14?,15?,16?,17?,18?/m1/s1. The molecule has 0 aromatic heterocycles. The van der Waals surface area contributed by atoms with Crippen molar-refractivity contribution in [1.82, 2.24) is 31.9 Å². The van der Waals surface area contributed by atoms with E-state index in [4.69, 9.17) is 0 Å². The van der Waals surface area contributed by atoms with E-state index >= 15 is 0 Å². The third-order valence-corrected chi connectivity index (χ3v) is 7.29. The van der Waals surface area contributed by atoms with Crippen molar-refractivity contribution in [2.24, 2.45) is 17.8 Å². The number of hydrogen-bond donors (Lipinski definition) is 5. The van der Waals surface area contributed by atoms with E-state index in [1.807, 2.05) is 0 Å². The molecule has 2 heterocycles. The van der Waals surface area contributed by atoms with Crippen LogP contribution in [0.1, 0.15) is 58.3 Å². The summed E-state index contributed by atoms with van der Waals surface area (Å²) in [6.45, 7) is 3.29. The first-order chi connectivity index (χ1) is 12.6. The van der Waals surface area contributed by atoms with Crippen molar-refractivity contribution in [2.75, 3.05) is 13.7 Å². The zero-order valence-corrected chi connectivity index (χ0v) is 16.3. The van der Waals surface area contributed by atoms with Crippen LogP contribution in [0.4, 0.5) is 0 Å². The van der Waals surface area contributed by atoms with Crippen molar-refractivity contribution in [2.45, 2.75) is 82.6 Å². The van der Waals surface area contributed by atoms with E-state index in [0.29, 0.717) is 36.0 Å². The lowest BCUT2D eigenvalue weighted by Gasteiger charge is -2.35. The molecule has 4 fully saturated rings. The molecule has 2 aliphatic heterocycles. The summed E-state index contributed by atoms with van der Waals surface area (Å²) in [7, 11) is 2.16. The maximum Gasteiger partial charge on any atom is 0.239 e. The number of hydrogen-bond acceptors (Lipinski definition) is 6. The summed E-state index contributed by atoms with van der Waals surface area (Å²) in [6.07, 6.45) is 9.98. The highest BCUT2D eigenvalue weighted by molar-refractivity contribution is 5.82. The summed E-state index contributed by atoms with van der Waals surface area (Å²) in [5.74, 6) is 2.06. The van der Waals surface area contributed by atoms with Gasteiger partial charge in [-0.15, -0.1) is 0 Å². The predicted octanol–water partition coefficient (Wildman–Crippen LogP) is 0.656. The fourth-order valence-electron chi connectivity index (χ4n) is 5.59. The Hall–Kier alpha value is -0.730. The molecule has 6 unspecified atom stereocenters. The Morgan fingerprint density at radius 1 is 1.15 bits per heavy atom. The van der Waals surface area contributed by atoms with E-state index in [0.717, 1.165) is 25.9 Å². The molecule has 7 nitrogen and oxygen atoms in total. The van der Waals surface area contributed by atoms with Crippen LogP contribution in [0.15, 0.2) is 0 Å². The largest absolute Gasteiger partial charge is 0.352 e. The Balaban J connectivity index is 1.27. The van der Waals surface area contributed by atoms with Gasteiger partial charge in [-0.25, -0.2) is 16.3 Å². The van der Waals surface area contributed by atoms with Gasteiger partial charge in [0.15, 0.2) is 0 Å². The van der Waals surface area contributed by atoms with Crippen LogP contribution in [0.3, 0.4) is 0 Å². The maximum atomic E-state index is 12.8. The van der Waals surface area contributed by atoms with Gasteiger partial charge in [0.1, 0.15) is 6.04 Å². The molecule has 7 atom stereocenters. The molecule has 0 radical (unpaired) electrons. The number of hydrazine groups is 2. The van der Waals surface area contributed by atoms with Gasteiger partial charge in [0, 0.05) is 18.0 Å². The van der Waals surface area contributed by atoms with Gasteiger partial charge in [0.2, 0.25) is 5.91 Å². The molecule has 0 bridgehead atoms. The van der Waals surface area contributed by atoms with Gasteiger partial charge < -0.3 is 5.32 Å². The quantitative estimate of drug-likeness (QED) is 0.493. The van der Waals surface area contributed by atoms with Crippen LogP contribution in [0.5, 0.6) is 0 Å². The van der Waals surface area contributed by atoms with E-state index in [-0.39, 0.29) is 11.9 Å². The van der Waals surface area contributed by atoms with Gasteiger partial charge in [-0.05, 0) is 51.0 Å². The summed E-state index contributed by atoms with van der Waals surface area (Å²) < 4.78 is 0. The van der Waals surface area contributed by atoms with Crippen molar-refractivity contribution in [3.05, 3.63) is 0 Å². The molecule has 2 saturated carbocycles. The molecule has 4 rings (SSSR count). The molecular weight excluding hydrogens is 328 g/mol. The summed E-state index contributed by atoms with van der Waals surface area (Å²) >= 11 is 0. The smallest absolute Gasteiger partial charge is 0.239 e. The van der Waals surface area contributed by atoms with Crippen LogP contribution in [-0.2, 0) is 4.79 Å². The van der Waals surface area contributed by atoms with E-state index in [2.05, 4.69) is 45.9 Å². The lowest BCUT2D eigenvalue weighted by Crippen LogP contribution is -2.50. The molecule has 26 heavy (non-hydrogen) atoms. The minimum absolute atomic E-state index is 0.0392. The zero-order valence-electron chi connectivity index (χ0n) is 16.3. The molecule has 1 amide bonds. The third kappa shape index (κ3) is 3.92. The topological polar surface area (TPSA) is 80.5 Å². The fourth-order valence-corrected chi connectivity index (χ4v) is 5.59. The van der Waals surface area contributed by atoms with Gasteiger partial charge in [-0.1, -0.05) is 26.2 Å². The van der Waals surface area contributed by atoms with Gasteiger partial charge in [-0.3, -0.25) is 15.1 Å². The second-order valence-electron chi connectivity index (χ2n) is 9.06. The third-order valence-electron chi connectivity index (χ3n) is 7.29. The number of fused-ring (bicyclic) bond motifs is 1. The Morgan fingerprint density at radius 2 is 2.00 bits per heavy atom. The van der Waals surface area contributed by atoms with Crippen molar-refractivity contribution < 1.29 is 4.79 Å². The van der Waals surface area contributed by atoms with E-state index in [1.165, 1.54) is 32.1 Å². The Morgan fingerprint density at radius 3 is 2.81 bits per heavy atom. The predicted molar refractivity (Wildman–Crippen MR) is 102 cm³/mol. The monoisotopic (exact) mass is 364 g/mol. The number of nitrogens with zero attached hydrogens (tertiary/aromatic N) is 1. The van der Waals surface area contributed by atoms with Crippen molar-refractivity contribution in [1.29, 1.82) is 0 Å². The van der Waals surface area contributed by atoms with Crippen LogP contribution in [-0.4, -0.2) is 48.8 Å². The van der Waals surface area contributed by atoms with E-state index in [9.17, 15) is 4.79 Å². The average Bonchev–Trinajstić information content (AvgIpc) is 3.33. The molecule has 2 saturated heterocycles. The summed E-state index contributed by atoms with van der Waals surface area (Å²) in [4.78, 5) is 15.1. The molecule has 0 spiro atoms. The molecule has 0 aromatic rings.